The second-order valence-corrected chi connectivity index (χ2v) is 4.29. The number of hydrogen-bond donors (Lipinski definition) is 1. The lowest BCUT2D eigenvalue weighted by atomic mass is 10.1. The zero-order valence-electron chi connectivity index (χ0n) is 9.46. The maximum absolute atomic E-state index is 5.66. The summed E-state index contributed by atoms with van der Waals surface area (Å²) in [5.74, 6) is 0.627. The van der Waals surface area contributed by atoms with E-state index in [-0.39, 0.29) is 5.54 Å². The molecule has 84 valence electrons. The van der Waals surface area contributed by atoms with Crippen molar-refractivity contribution in [1.82, 2.24) is 20.2 Å². The van der Waals surface area contributed by atoms with Crippen LogP contribution in [0.4, 0.5) is 0 Å². The van der Waals surface area contributed by atoms with E-state index < -0.39 is 0 Å². The van der Waals surface area contributed by atoms with Gasteiger partial charge in [-0.05, 0) is 19.1 Å². The van der Waals surface area contributed by atoms with E-state index in [2.05, 4.69) is 15.4 Å². The molecule has 1 heterocycles. The monoisotopic (exact) mass is 217 g/mol. The maximum atomic E-state index is 5.66. The molecule has 0 saturated heterocycles. The third kappa shape index (κ3) is 1.94. The van der Waals surface area contributed by atoms with Gasteiger partial charge in [0.2, 0.25) is 5.82 Å². The van der Waals surface area contributed by atoms with Crippen LogP contribution in [0.1, 0.15) is 13.8 Å². The highest BCUT2D eigenvalue weighted by Crippen LogP contribution is 2.15. The van der Waals surface area contributed by atoms with Gasteiger partial charge in [-0.15, -0.1) is 10.2 Å². The van der Waals surface area contributed by atoms with E-state index in [0.717, 1.165) is 5.56 Å². The van der Waals surface area contributed by atoms with E-state index in [1.54, 1.807) is 4.80 Å². The fourth-order valence-electron chi connectivity index (χ4n) is 1.26. The molecule has 0 aliphatic carbocycles. The molecule has 0 amide bonds. The number of rotatable bonds is 3. The normalized spacial score (nSPS) is 11.7. The minimum atomic E-state index is -0.306. The molecule has 0 unspecified atom stereocenters. The van der Waals surface area contributed by atoms with Gasteiger partial charge in [-0.1, -0.05) is 30.3 Å². The van der Waals surface area contributed by atoms with Crippen molar-refractivity contribution in [1.29, 1.82) is 0 Å². The third-order valence-electron chi connectivity index (χ3n) is 2.49. The topological polar surface area (TPSA) is 69.6 Å². The van der Waals surface area contributed by atoms with Crippen LogP contribution in [0.3, 0.4) is 0 Å². The van der Waals surface area contributed by atoms with E-state index in [1.807, 2.05) is 44.2 Å². The zero-order chi connectivity index (χ0) is 11.6. The summed E-state index contributed by atoms with van der Waals surface area (Å²) in [6.07, 6.45) is 0. The van der Waals surface area contributed by atoms with Crippen molar-refractivity contribution in [2.45, 2.75) is 19.4 Å². The average Bonchev–Trinajstić information content (AvgIpc) is 2.80. The van der Waals surface area contributed by atoms with Gasteiger partial charge in [-0.2, -0.15) is 4.80 Å². The summed E-state index contributed by atoms with van der Waals surface area (Å²) in [7, 11) is 0. The molecule has 2 N–H and O–H groups in total. The number of hydrogen-bond acceptors (Lipinski definition) is 4. The van der Waals surface area contributed by atoms with Gasteiger partial charge in [0.05, 0.1) is 5.54 Å². The summed E-state index contributed by atoms with van der Waals surface area (Å²) in [6, 6.07) is 9.76. The molecular weight excluding hydrogens is 202 g/mol. The van der Waals surface area contributed by atoms with Gasteiger partial charge in [-0.25, -0.2) is 0 Å². The highest BCUT2D eigenvalue weighted by Gasteiger charge is 2.21. The van der Waals surface area contributed by atoms with Crippen LogP contribution in [-0.4, -0.2) is 26.8 Å². The Morgan fingerprint density at radius 2 is 1.94 bits per heavy atom. The molecule has 2 rings (SSSR count). The Hall–Kier alpha value is -1.75. The molecule has 0 aliphatic rings. The van der Waals surface area contributed by atoms with Crippen LogP contribution >= 0.6 is 0 Å². The molecule has 0 atom stereocenters. The van der Waals surface area contributed by atoms with Crippen molar-refractivity contribution in [2.75, 3.05) is 6.54 Å². The largest absolute Gasteiger partial charge is 0.328 e. The summed E-state index contributed by atoms with van der Waals surface area (Å²) in [6.45, 7) is 4.42. The van der Waals surface area contributed by atoms with Gasteiger partial charge in [0, 0.05) is 12.1 Å². The van der Waals surface area contributed by atoms with E-state index >= 15 is 0 Å². The van der Waals surface area contributed by atoms with Crippen LogP contribution in [-0.2, 0) is 5.54 Å². The molecule has 0 aliphatic heterocycles. The Kier molecular flexibility index (Phi) is 2.70. The fraction of sp³-hybridized carbons (Fsp3) is 0.364. The second-order valence-electron chi connectivity index (χ2n) is 4.29. The quantitative estimate of drug-likeness (QED) is 0.833. The Morgan fingerprint density at radius 1 is 1.25 bits per heavy atom. The number of benzene rings is 1. The maximum Gasteiger partial charge on any atom is 0.204 e. The molecule has 0 spiro atoms. The van der Waals surface area contributed by atoms with Crippen molar-refractivity contribution in [3.63, 3.8) is 0 Å². The van der Waals surface area contributed by atoms with Gasteiger partial charge in [0.15, 0.2) is 0 Å². The molecule has 5 heteroatoms. The summed E-state index contributed by atoms with van der Waals surface area (Å²) < 4.78 is 0. The van der Waals surface area contributed by atoms with E-state index in [9.17, 15) is 0 Å². The van der Waals surface area contributed by atoms with Crippen molar-refractivity contribution in [3.8, 4) is 11.4 Å². The second kappa shape index (κ2) is 4.02. The number of aromatic nitrogens is 4. The van der Waals surface area contributed by atoms with Crippen LogP contribution < -0.4 is 5.73 Å². The first-order valence-corrected chi connectivity index (χ1v) is 5.19. The van der Waals surface area contributed by atoms with E-state index in [4.69, 9.17) is 5.73 Å². The Bertz CT molecular complexity index is 460. The highest BCUT2D eigenvalue weighted by molar-refractivity contribution is 5.52. The molecule has 1 aromatic carbocycles. The first-order chi connectivity index (χ1) is 7.63. The van der Waals surface area contributed by atoms with Crippen LogP contribution in [0.2, 0.25) is 0 Å². The molecule has 2 aromatic rings. The third-order valence-corrected chi connectivity index (χ3v) is 2.49. The average molecular weight is 217 g/mol. The van der Waals surface area contributed by atoms with Crippen molar-refractivity contribution < 1.29 is 0 Å². The van der Waals surface area contributed by atoms with E-state index in [1.165, 1.54) is 0 Å². The van der Waals surface area contributed by atoms with Crippen molar-refractivity contribution >= 4 is 0 Å². The standard InChI is InChI=1S/C11H15N5/c1-11(2,8-12)16-14-10(13-15-16)9-6-4-3-5-7-9/h3-7H,8,12H2,1-2H3. The first-order valence-electron chi connectivity index (χ1n) is 5.19. The lowest BCUT2D eigenvalue weighted by Gasteiger charge is -2.19. The van der Waals surface area contributed by atoms with Gasteiger partial charge >= 0.3 is 0 Å². The number of nitrogens with two attached hydrogens (primary N) is 1. The first kappa shape index (κ1) is 10.8. The molecule has 0 radical (unpaired) electrons. The van der Waals surface area contributed by atoms with Crippen LogP contribution in [0.25, 0.3) is 11.4 Å². The smallest absolute Gasteiger partial charge is 0.204 e. The number of tetrazole rings is 1. The zero-order valence-corrected chi connectivity index (χ0v) is 9.46. The predicted octanol–water partition coefficient (Wildman–Crippen LogP) is 1.03. The molecule has 0 saturated carbocycles. The SMILES string of the molecule is CC(C)(CN)n1nnc(-c2ccccc2)n1. The van der Waals surface area contributed by atoms with Gasteiger partial charge in [0.25, 0.3) is 0 Å². The summed E-state index contributed by atoms with van der Waals surface area (Å²) in [5.41, 5.74) is 6.31. The van der Waals surface area contributed by atoms with Gasteiger partial charge in [0.1, 0.15) is 0 Å². The van der Waals surface area contributed by atoms with Crippen molar-refractivity contribution in [3.05, 3.63) is 30.3 Å². The fourth-order valence-corrected chi connectivity index (χ4v) is 1.26. The minimum Gasteiger partial charge on any atom is -0.328 e. The van der Waals surface area contributed by atoms with Crippen molar-refractivity contribution in [2.24, 2.45) is 5.73 Å². The molecular formula is C11H15N5. The molecule has 1 aromatic heterocycles. The van der Waals surface area contributed by atoms with E-state index in [0.29, 0.717) is 12.4 Å². The lowest BCUT2D eigenvalue weighted by molar-refractivity contribution is 0.285. The minimum absolute atomic E-state index is 0.306. The summed E-state index contributed by atoms with van der Waals surface area (Å²) in [5, 5.41) is 12.4. The van der Waals surface area contributed by atoms with Gasteiger partial charge < -0.3 is 5.73 Å². The molecule has 0 fully saturated rings. The Balaban J connectivity index is 2.34. The van der Waals surface area contributed by atoms with Crippen LogP contribution in [0.15, 0.2) is 30.3 Å². The summed E-state index contributed by atoms with van der Waals surface area (Å²) in [4.78, 5) is 1.56. The lowest BCUT2D eigenvalue weighted by Crippen LogP contribution is -2.36. The number of nitrogens with zero attached hydrogens (tertiary/aromatic N) is 4. The highest BCUT2D eigenvalue weighted by atomic mass is 15.6. The van der Waals surface area contributed by atoms with Gasteiger partial charge in [-0.3, -0.25) is 0 Å². The molecule has 5 nitrogen and oxygen atoms in total. The van der Waals surface area contributed by atoms with Crippen LogP contribution in [0, 0.1) is 0 Å². The molecule has 0 bridgehead atoms. The Morgan fingerprint density at radius 3 is 2.56 bits per heavy atom. The summed E-state index contributed by atoms with van der Waals surface area (Å²) >= 11 is 0. The molecule has 16 heavy (non-hydrogen) atoms. The van der Waals surface area contributed by atoms with Crippen LogP contribution in [0.5, 0.6) is 0 Å². The Labute approximate surface area is 94.3 Å². The predicted molar refractivity (Wildman–Crippen MR) is 61.6 cm³/mol.